The van der Waals surface area contributed by atoms with E-state index in [1.165, 1.54) is 4.90 Å². The molecule has 110 valence electrons. The highest BCUT2D eigenvalue weighted by molar-refractivity contribution is 5.98. The highest BCUT2D eigenvalue weighted by Gasteiger charge is 2.34. The first-order chi connectivity index (χ1) is 9.41. The summed E-state index contributed by atoms with van der Waals surface area (Å²) in [6.45, 7) is 3.51. The van der Waals surface area contributed by atoms with Gasteiger partial charge in [0.1, 0.15) is 6.04 Å². The standard InChI is InChI=1S/C13H21N5O2/c1-9-10(8-17(4)15-9)12(19)18-6-5-14-7-11(18)13(20)16(2)3/h8,11,14H,5-7H2,1-4H3. The van der Waals surface area contributed by atoms with Gasteiger partial charge in [0.15, 0.2) is 0 Å². The minimum atomic E-state index is -0.453. The molecular formula is C13H21N5O2. The molecule has 1 aliphatic heterocycles. The van der Waals surface area contributed by atoms with Crippen LogP contribution in [0.5, 0.6) is 0 Å². The molecule has 0 saturated carbocycles. The fourth-order valence-electron chi connectivity index (χ4n) is 2.43. The fourth-order valence-corrected chi connectivity index (χ4v) is 2.43. The first kappa shape index (κ1) is 14.5. The molecule has 2 amide bonds. The van der Waals surface area contributed by atoms with Crippen molar-refractivity contribution in [3.63, 3.8) is 0 Å². The van der Waals surface area contributed by atoms with Crippen LogP contribution in [0.1, 0.15) is 16.1 Å². The first-order valence-electron chi connectivity index (χ1n) is 6.65. The van der Waals surface area contributed by atoms with Crippen molar-refractivity contribution < 1.29 is 9.59 Å². The normalized spacial score (nSPS) is 19.0. The van der Waals surface area contributed by atoms with Crippen LogP contribution in [-0.2, 0) is 11.8 Å². The van der Waals surface area contributed by atoms with Crippen LogP contribution < -0.4 is 5.32 Å². The van der Waals surface area contributed by atoms with E-state index in [9.17, 15) is 9.59 Å². The molecule has 0 spiro atoms. The zero-order chi connectivity index (χ0) is 14.9. The van der Waals surface area contributed by atoms with Gasteiger partial charge in [-0.3, -0.25) is 14.3 Å². The Morgan fingerprint density at radius 1 is 1.45 bits per heavy atom. The van der Waals surface area contributed by atoms with Crippen LogP contribution in [0.25, 0.3) is 0 Å². The molecule has 1 aromatic heterocycles. The van der Waals surface area contributed by atoms with E-state index >= 15 is 0 Å². The first-order valence-corrected chi connectivity index (χ1v) is 6.65. The lowest BCUT2D eigenvalue weighted by molar-refractivity contribution is -0.134. The molecule has 1 aliphatic rings. The lowest BCUT2D eigenvalue weighted by Crippen LogP contribution is -2.59. The van der Waals surface area contributed by atoms with Crippen LogP contribution in [0.15, 0.2) is 6.20 Å². The third-order valence-electron chi connectivity index (χ3n) is 3.47. The highest BCUT2D eigenvalue weighted by Crippen LogP contribution is 2.14. The van der Waals surface area contributed by atoms with Crippen molar-refractivity contribution in [3.8, 4) is 0 Å². The number of aryl methyl sites for hydroxylation is 2. The maximum Gasteiger partial charge on any atom is 0.258 e. The molecule has 2 heterocycles. The zero-order valence-electron chi connectivity index (χ0n) is 12.4. The van der Waals surface area contributed by atoms with Gasteiger partial charge in [-0.1, -0.05) is 0 Å². The van der Waals surface area contributed by atoms with Gasteiger partial charge >= 0.3 is 0 Å². The third kappa shape index (κ3) is 2.67. The Morgan fingerprint density at radius 2 is 2.15 bits per heavy atom. The van der Waals surface area contributed by atoms with Gasteiger partial charge in [0, 0.05) is 47.0 Å². The van der Waals surface area contributed by atoms with Crippen LogP contribution >= 0.6 is 0 Å². The highest BCUT2D eigenvalue weighted by atomic mass is 16.2. The third-order valence-corrected chi connectivity index (χ3v) is 3.47. The van der Waals surface area contributed by atoms with E-state index in [0.29, 0.717) is 30.9 Å². The molecule has 1 saturated heterocycles. The topological polar surface area (TPSA) is 70.5 Å². The second-order valence-electron chi connectivity index (χ2n) is 5.25. The second-order valence-corrected chi connectivity index (χ2v) is 5.25. The molecule has 0 aliphatic carbocycles. The fraction of sp³-hybridized carbons (Fsp3) is 0.615. The number of nitrogens with one attached hydrogen (secondary N) is 1. The summed E-state index contributed by atoms with van der Waals surface area (Å²) in [5, 5.41) is 7.35. The number of rotatable bonds is 2. The van der Waals surface area contributed by atoms with Crippen molar-refractivity contribution in [3.05, 3.63) is 17.5 Å². The van der Waals surface area contributed by atoms with Crippen LogP contribution in [0.3, 0.4) is 0 Å². The summed E-state index contributed by atoms with van der Waals surface area (Å²) in [6, 6.07) is -0.453. The quantitative estimate of drug-likeness (QED) is 0.772. The van der Waals surface area contributed by atoms with Gasteiger partial charge in [-0.15, -0.1) is 0 Å². The van der Waals surface area contributed by atoms with Crippen LogP contribution in [-0.4, -0.2) is 71.2 Å². The summed E-state index contributed by atoms with van der Waals surface area (Å²) in [6.07, 6.45) is 1.71. The Morgan fingerprint density at radius 3 is 2.70 bits per heavy atom. The Hall–Kier alpha value is -1.89. The molecule has 20 heavy (non-hydrogen) atoms. The molecule has 7 nitrogen and oxygen atoms in total. The van der Waals surface area contributed by atoms with E-state index in [1.54, 1.807) is 43.8 Å². The number of nitrogens with zero attached hydrogens (tertiary/aromatic N) is 4. The number of carbonyl (C=O) groups excluding carboxylic acids is 2. The number of hydrogen-bond acceptors (Lipinski definition) is 4. The zero-order valence-corrected chi connectivity index (χ0v) is 12.4. The average molecular weight is 279 g/mol. The SMILES string of the molecule is Cc1nn(C)cc1C(=O)N1CCNCC1C(=O)N(C)C. The molecular weight excluding hydrogens is 258 g/mol. The van der Waals surface area contributed by atoms with Gasteiger partial charge in [0.05, 0.1) is 11.3 Å². The van der Waals surface area contributed by atoms with Gasteiger partial charge < -0.3 is 15.1 Å². The summed E-state index contributed by atoms with van der Waals surface area (Å²) >= 11 is 0. The predicted octanol–water partition coefficient (Wildman–Crippen LogP) is -0.769. The molecule has 0 bridgehead atoms. The number of hydrogen-bond donors (Lipinski definition) is 1. The lowest BCUT2D eigenvalue weighted by atomic mass is 10.1. The van der Waals surface area contributed by atoms with Crippen molar-refractivity contribution in [2.75, 3.05) is 33.7 Å². The van der Waals surface area contributed by atoms with E-state index in [-0.39, 0.29) is 11.8 Å². The number of amides is 2. The maximum atomic E-state index is 12.6. The molecule has 0 aromatic carbocycles. The van der Waals surface area contributed by atoms with E-state index in [4.69, 9.17) is 0 Å². The summed E-state index contributed by atoms with van der Waals surface area (Å²) in [5.41, 5.74) is 1.25. The van der Waals surface area contributed by atoms with E-state index in [2.05, 4.69) is 10.4 Å². The Bertz CT molecular complexity index is 523. The van der Waals surface area contributed by atoms with E-state index in [0.717, 1.165) is 0 Å². The van der Waals surface area contributed by atoms with Gasteiger partial charge in [0.2, 0.25) is 5.91 Å². The molecule has 2 rings (SSSR count). The summed E-state index contributed by atoms with van der Waals surface area (Å²) in [4.78, 5) is 28.0. The molecule has 1 N–H and O–H groups in total. The predicted molar refractivity (Wildman–Crippen MR) is 74.3 cm³/mol. The molecule has 1 fully saturated rings. The average Bonchev–Trinajstić information content (AvgIpc) is 2.76. The maximum absolute atomic E-state index is 12.6. The van der Waals surface area contributed by atoms with Crippen molar-refractivity contribution in [2.24, 2.45) is 7.05 Å². The number of piperazine rings is 1. The van der Waals surface area contributed by atoms with E-state index in [1.807, 2.05) is 0 Å². The molecule has 1 atom stereocenters. The molecule has 1 unspecified atom stereocenters. The Labute approximate surface area is 118 Å². The number of carbonyl (C=O) groups is 2. The summed E-state index contributed by atoms with van der Waals surface area (Å²) < 4.78 is 1.62. The van der Waals surface area contributed by atoms with Crippen molar-refractivity contribution in [1.29, 1.82) is 0 Å². The number of likely N-dealkylation sites (N-methyl/N-ethyl adjacent to an activating group) is 1. The van der Waals surface area contributed by atoms with Crippen molar-refractivity contribution >= 4 is 11.8 Å². The van der Waals surface area contributed by atoms with Crippen LogP contribution in [0.2, 0.25) is 0 Å². The van der Waals surface area contributed by atoms with Crippen LogP contribution in [0, 0.1) is 6.92 Å². The van der Waals surface area contributed by atoms with Crippen LogP contribution in [0.4, 0.5) is 0 Å². The summed E-state index contributed by atoms with van der Waals surface area (Å²) in [7, 11) is 5.19. The smallest absolute Gasteiger partial charge is 0.258 e. The minimum Gasteiger partial charge on any atom is -0.347 e. The monoisotopic (exact) mass is 279 g/mol. The molecule has 0 radical (unpaired) electrons. The van der Waals surface area contributed by atoms with Gasteiger partial charge in [-0.25, -0.2) is 0 Å². The Balaban J connectivity index is 2.26. The lowest BCUT2D eigenvalue weighted by Gasteiger charge is -2.36. The Kier molecular flexibility index (Phi) is 4.08. The molecule has 7 heteroatoms. The van der Waals surface area contributed by atoms with Gasteiger partial charge in [0.25, 0.3) is 5.91 Å². The number of aromatic nitrogens is 2. The second kappa shape index (κ2) is 5.62. The summed E-state index contributed by atoms with van der Waals surface area (Å²) in [5.74, 6) is -0.190. The van der Waals surface area contributed by atoms with Crippen molar-refractivity contribution in [2.45, 2.75) is 13.0 Å². The molecule has 1 aromatic rings. The minimum absolute atomic E-state index is 0.0629. The largest absolute Gasteiger partial charge is 0.347 e. The van der Waals surface area contributed by atoms with Gasteiger partial charge in [-0.2, -0.15) is 5.10 Å². The van der Waals surface area contributed by atoms with Crippen molar-refractivity contribution in [1.82, 2.24) is 24.9 Å². The van der Waals surface area contributed by atoms with Gasteiger partial charge in [-0.05, 0) is 6.92 Å². The van der Waals surface area contributed by atoms with E-state index < -0.39 is 6.04 Å².